The number of carbonyl (C=O) groups excluding carboxylic acids is 1. The highest BCUT2D eigenvalue weighted by Gasteiger charge is 2.22. The average molecular weight is 504 g/mol. The molecule has 1 aromatic heterocycles. The Morgan fingerprint density at radius 2 is 1.70 bits per heavy atom. The van der Waals surface area contributed by atoms with Gasteiger partial charge in [-0.1, -0.05) is 32.0 Å². The highest BCUT2D eigenvalue weighted by Crippen LogP contribution is 2.26. The molecule has 37 heavy (non-hydrogen) atoms. The van der Waals surface area contributed by atoms with E-state index in [1.54, 1.807) is 7.11 Å². The van der Waals surface area contributed by atoms with Crippen LogP contribution in [-0.4, -0.2) is 74.8 Å². The van der Waals surface area contributed by atoms with Crippen LogP contribution in [0.15, 0.2) is 54.6 Å². The molecular formula is C30H41N5O2. The van der Waals surface area contributed by atoms with E-state index in [1.165, 1.54) is 5.69 Å². The number of ether oxygens (including phenoxy) is 1. The van der Waals surface area contributed by atoms with Crippen LogP contribution in [0.5, 0.6) is 5.75 Å². The van der Waals surface area contributed by atoms with Gasteiger partial charge in [0.25, 0.3) is 5.91 Å². The van der Waals surface area contributed by atoms with Gasteiger partial charge in [0.1, 0.15) is 11.6 Å². The number of hydrogen-bond acceptors (Lipinski definition) is 6. The second-order valence-electron chi connectivity index (χ2n) is 9.76. The van der Waals surface area contributed by atoms with Gasteiger partial charge in [0.2, 0.25) is 0 Å². The summed E-state index contributed by atoms with van der Waals surface area (Å²) < 4.78 is 5.29. The van der Waals surface area contributed by atoms with Crippen molar-refractivity contribution >= 4 is 28.3 Å². The summed E-state index contributed by atoms with van der Waals surface area (Å²) in [5, 5.41) is 4.14. The Morgan fingerprint density at radius 1 is 1.03 bits per heavy atom. The minimum atomic E-state index is -0.0212. The maximum Gasteiger partial charge on any atom is 0.252 e. The van der Waals surface area contributed by atoms with E-state index in [2.05, 4.69) is 52.9 Å². The van der Waals surface area contributed by atoms with Crippen molar-refractivity contribution in [1.29, 1.82) is 0 Å². The number of hydrogen-bond donors (Lipinski definition) is 1. The van der Waals surface area contributed by atoms with Crippen molar-refractivity contribution in [3.63, 3.8) is 0 Å². The molecular weight excluding hydrogens is 462 g/mol. The van der Waals surface area contributed by atoms with Gasteiger partial charge in [-0.15, -0.1) is 0 Å². The number of pyridine rings is 1. The molecule has 7 nitrogen and oxygen atoms in total. The van der Waals surface area contributed by atoms with Gasteiger partial charge in [-0.3, -0.25) is 4.79 Å². The van der Waals surface area contributed by atoms with Crippen LogP contribution in [0.25, 0.3) is 10.9 Å². The number of rotatable bonds is 11. The van der Waals surface area contributed by atoms with Crippen molar-refractivity contribution in [3.8, 4) is 5.75 Å². The van der Waals surface area contributed by atoms with E-state index in [9.17, 15) is 4.79 Å². The summed E-state index contributed by atoms with van der Waals surface area (Å²) in [4.78, 5) is 25.4. The molecule has 1 atom stereocenters. The third-order valence-electron chi connectivity index (χ3n) is 7.37. The molecule has 1 saturated heterocycles. The predicted molar refractivity (Wildman–Crippen MR) is 153 cm³/mol. The lowest BCUT2D eigenvalue weighted by Gasteiger charge is -2.37. The Bertz CT molecular complexity index is 1150. The normalized spacial score (nSPS) is 14.7. The minimum absolute atomic E-state index is 0.0212. The number of anilines is 2. The topological polar surface area (TPSA) is 60.9 Å². The second-order valence-corrected chi connectivity index (χ2v) is 9.76. The number of benzene rings is 2. The fraction of sp³-hybridized carbons (Fsp3) is 0.467. The van der Waals surface area contributed by atoms with Gasteiger partial charge < -0.3 is 24.8 Å². The van der Waals surface area contributed by atoms with Crippen LogP contribution >= 0.6 is 0 Å². The summed E-state index contributed by atoms with van der Waals surface area (Å²) in [5.74, 6) is 1.71. The number of nitrogens with one attached hydrogen (secondary N) is 1. The van der Waals surface area contributed by atoms with Gasteiger partial charge in [0.15, 0.2) is 0 Å². The number of fused-ring (bicyclic) bond motifs is 1. The lowest BCUT2D eigenvalue weighted by Crippen LogP contribution is -2.47. The molecule has 0 saturated carbocycles. The Hall–Kier alpha value is -3.32. The fourth-order valence-electron chi connectivity index (χ4n) is 5.03. The van der Waals surface area contributed by atoms with Crippen LogP contribution in [0, 0.1) is 0 Å². The van der Waals surface area contributed by atoms with Crippen LogP contribution in [0.2, 0.25) is 0 Å². The van der Waals surface area contributed by atoms with Crippen LogP contribution in [0.4, 0.5) is 11.5 Å². The molecule has 4 rings (SSSR count). The van der Waals surface area contributed by atoms with Crippen LogP contribution in [0.3, 0.4) is 0 Å². The van der Waals surface area contributed by atoms with E-state index in [0.29, 0.717) is 5.56 Å². The summed E-state index contributed by atoms with van der Waals surface area (Å²) in [6.45, 7) is 13.2. The molecule has 0 radical (unpaired) electrons. The SMILES string of the molecule is CCN(CC)CCCC(C)NC(=O)c1cc(N2CCN(c3ccc(OC)cc3)CC2)nc2ccccc12. The molecule has 2 aromatic carbocycles. The summed E-state index contributed by atoms with van der Waals surface area (Å²) in [6.07, 6.45) is 2.04. The fourth-order valence-corrected chi connectivity index (χ4v) is 5.03. The van der Waals surface area contributed by atoms with E-state index < -0.39 is 0 Å². The first-order chi connectivity index (χ1) is 18.0. The number of carbonyl (C=O) groups is 1. The third kappa shape index (κ3) is 6.72. The van der Waals surface area contributed by atoms with E-state index in [-0.39, 0.29) is 11.9 Å². The molecule has 0 spiro atoms. The minimum Gasteiger partial charge on any atom is -0.497 e. The first-order valence-corrected chi connectivity index (χ1v) is 13.6. The molecule has 7 heteroatoms. The molecule has 3 aromatic rings. The summed E-state index contributed by atoms with van der Waals surface area (Å²) >= 11 is 0. The third-order valence-corrected chi connectivity index (χ3v) is 7.37. The quantitative estimate of drug-likeness (QED) is 0.405. The summed E-state index contributed by atoms with van der Waals surface area (Å²) in [7, 11) is 1.69. The number of piperazine rings is 1. The molecule has 0 bridgehead atoms. The number of nitrogens with zero attached hydrogens (tertiary/aromatic N) is 4. The van der Waals surface area contributed by atoms with Crippen molar-refractivity contribution in [2.45, 2.75) is 39.7 Å². The van der Waals surface area contributed by atoms with E-state index in [4.69, 9.17) is 9.72 Å². The molecule has 1 aliphatic heterocycles. The van der Waals surface area contributed by atoms with Crippen molar-refractivity contribution in [2.24, 2.45) is 0 Å². The number of aromatic nitrogens is 1. The van der Waals surface area contributed by atoms with Crippen molar-refractivity contribution in [2.75, 3.05) is 62.7 Å². The van der Waals surface area contributed by atoms with Crippen LogP contribution < -0.4 is 19.9 Å². The molecule has 1 N–H and O–H groups in total. The van der Waals surface area contributed by atoms with Gasteiger partial charge in [-0.25, -0.2) is 4.98 Å². The van der Waals surface area contributed by atoms with E-state index in [0.717, 1.165) is 81.1 Å². The van der Waals surface area contributed by atoms with E-state index in [1.807, 2.05) is 42.5 Å². The molecule has 2 heterocycles. The highest BCUT2D eigenvalue weighted by atomic mass is 16.5. The Morgan fingerprint density at radius 3 is 2.38 bits per heavy atom. The monoisotopic (exact) mass is 503 g/mol. The smallest absolute Gasteiger partial charge is 0.252 e. The van der Waals surface area contributed by atoms with Crippen LogP contribution in [0.1, 0.15) is 44.0 Å². The standard InChI is InChI=1S/C30H41N5O2/c1-5-33(6-2)17-9-10-23(3)31-30(36)27-22-29(32-28-12-8-7-11-26(27)28)35-20-18-34(19-21-35)24-13-15-25(37-4)16-14-24/h7-8,11-16,22-23H,5-6,9-10,17-21H2,1-4H3,(H,31,36). The van der Waals surface area contributed by atoms with Gasteiger partial charge in [-0.05, 0) is 75.8 Å². The molecule has 1 aliphatic rings. The molecule has 1 amide bonds. The number of para-hydroxylation sites is 1. The van der Waals surface area contributed by atoms with Gasteiger partial charge in [-0.2, -0.15) is 0 Å². The molecule has 198 valence electrons. The van der Waals surface area contributed by atoms with E-state index >= 15 is 0 Å². The predicted octanol–water partition coefficient (Wildman–Crippen LogP) is 4.81. The van der Waals surface area contributed by atoms with Gasteiger partial charge in [0, 0.05) is 43.3 Å². The van der Waals surface area contributed by atoms with Crippen molar-refractivity contribution < 1.29 is 9.53 Å². The first-order valence-electron chi connectivity index (χ1n) is 13.6. The summed E-state index contributed by atoms with van der Waals surface area (Å²) in [6, 6.07) is 18.3. The number of amides is 1. The molecule has 0 aliphatic carbocycles. The Kier molecular flexibility index (Phi) is 9.23. The zero-order chi connectivity index (χ0) is 26.2. The summed E-state index contributed by atoms with van der Waals surface area (Å²) in [5.41, 5.74) is 2.76. The van der Waals surface area contributed by atoms with Gasteiger partial charge >= 0.3 is 0 Å². The lowest BCUT2D eigenvalue weighted by molar-refractivity contribution is 0.0939. The Labute approximate surface area is 221 Å². The lowest BCUT2D eigenvalue weighted by atomic mass is 10.1. The van der Waals surface area contributed by atoms with Crippen molar-refractivity contribution in [3.05, 3.63) is 60.2 Å². The molecule has 1 unspecified atom stereocenters. The van der Waals surface area contributed by atoms with Gasteiger partial charge in [0.05, 0.1) is 18.2 Å². The zero-order valence-corrected chi connectivity index (χ0v) is 22.7. The van der Waals surface area contributed by atoms with Crippen LogP contribution in [-0.2, 0) is 0 Å². The van der Waals surface area contributed by atoms with Crippen molar-refractivity contribution in [1.82, 2.24) is 15.2 Å². The second kappa shape index (κ2) is 12.8. The maximum atomic E-state index is 13.4. The highest BCUT2D eigenvalue weighted by molar-refractivity contribution is 6.07. The Balaban J connectivity index is 1.44. The average Bonchev–Trinajstić information content (AvgIpc) is 2.95. The zero-order valence-electron chi connectivity index (χ0n) is 22.7. The number of methoxy groups -OCH3 is 1. The largest absolute Gasteiger partial charge is 0.497 e. The molecule has 1 fully saturated rings. The first kappa shape index (κ1) is 26.7. The maximum absolute atomic E-state index is 13.4.